The first-order valence-corrected chi connectivity index (χ1v) is 5.50. The molecule has 0 aromatic heterocycles. The second-order valence-electron chi connectivity index (χ2n) is 2.67. The van der Waals surface area contributed by atoms with Gasteiger partial charge in [-0.15, -0.1) is 0 Å². The molecule has 1 unspecified atom stereocenters. The van der Waals surface area contributed by atoms with E-state index in [1.165, 1.54) is 0 Å². The van der Waals surface area contributed by atoms with Crippen molar-refractivity contribution < 1.29 is 12.9 Å². The molecule has 11 heavy (non-hydrogen) atoms. The van der Waals surface area contributed by atoms with Crippen LogP contribution in [0.4, 0.5) is 0 Å². The van der Waals surface area contributed by atoms with Crippen LogP contribution in [0.25, 0.3) is 0 Å². The fourth-order valence-electron chi connectivity index (χ4n) is 1.23. The van der Waals surface area contributed by atoms with Gasteiger partial charge in [-0.05, 0) is 25.7 Å². The fraction of sp³-hybridized carbons (Fsp3) is 1.00. The first kappa shape index (κ1) is 9.64. The third-order valence-corrected chi connectivity index (χ3v) is 3.16. The lowest BCUT2D eigenvalue weighted by Gasteiger charge is -2.25. The molecule has 3 nitrogen and oxygen atoms in total. The van der Waals surface area contributed by atoms with Gasteiger partial charge in [0.05, 0.1) is 17.5 Å². The van der Waals surface area contributed by atoms with Gasteiger partial charge in [0.15, 0.2) is 0 Å². The van der Waals surface area contributed by atoms with Crippen molar-refractivity contribution in [3.8, 4) is 0 Å². The van der Waals surface area contributed by atoms with Crippen LogP contribution in [0.2, 0.25) is 0 Å². The topological polar surface area (TPSA) is 49.4 Å². The third-order valence-electron chi connectivity index (χ3n) is 1.82. The van der Waals surface area contributed by atoms with Crippen LogP contribution in [-0.2, 0) is 15.5 Å². The molecule has 5 heteroatoms. The Balaban J connectivity index is 2.22. The van der Waals surface area contributed by atoms with E-state index in [9.17, 15) is 8.76 Å². The van der Waals surface area contributed by atoms with Crippen LogP contribution >= 0.6 is 15.9 Å². The minimum Gasteiger partial charge on any atom is -0.750 e. The number of hydrogen-bond donors (Lipinski definition) is 0. The highest BCUT2D eigenvalue weighted by Crippen LogP contribution is 2.26. The molecule has 0 bridgehead atoms. The van der Waals surface area contributed by atoms with Gasteiger partial charge in [0.2, 0.25) is 0 Å². The fourth-order valence-corrected chi connectivity index (χ4v) is 2.17. The zero-order chi connectivity index (χ0) is 8.27. The maximum absolute atomic E-state index is 10.1. The smallest absolute Gasteiger partial charge is 0.0844 e. The molecule has 0 heterocycles. The zero-order valence-electron chi connectivity index (χ0n) is 5.99. The molecule has 0 spiro atoms. The molecule has 1 saturated carbocycles. The van der Waals surface area contributed by atoms with Crippen LogP contribution < -0.4 is 0 Å². The van der Waals surface area contributed by atoms with Crippen LogP contribution in [0.5, 0.6) is 0 Å². The van der Waals surface area contributed by atoms with Gasteiger partial charge < -0.3 is 4.55 Å². The van der Waals surface area contributed by atoms with E-state index in [2.05, 4.69) is 20.1 Å². The Labute approximate surface area is 77.1 Å². The van der Waals surface area contributed by atoms with Gasteiger partial charge in [0.1, 0.15) is 0 Å². The molecule has 0 saturated heterocycles. The molecule has 66 valence electrons. The van der Waals surface area contributed by atoms with Gasteiger partial charge in [-0.25, -0.2) is 4.21 Å². The maximum atomic E-state index is 10.1. The molecule has 1 atom stereocenters. The molecule has 1 rings (SSSR count). The van der Waals surface area contributed by atoms with Gasteiger partial charge in [-0.2, -0.15) is 0 Å². The van der Waals surface area contributed by atoms with E-state index in [4.69, 9.17) is 0 Å². The average molecular weight is 242 g/mol. The molecule has 1 aliphatic rings. The second kappa shape index (κ2) is 4.54. The van der Waals surface area contributed by atoms with Crippen molar-refractivity contribution >= 4 is 27.3 Å². The highest BCUT2D eigenvalue weighted by Gasteiger charge is 2.19. The molecule has 1 aliphatic carbocycles. The first-order chi connectivity index (χ1) is 5.18. The predicted octanol–water partition coefficient (Wildman–Crippen LogP) is 1.50. The summed E-state index contributed by atoms with van der Waals surface area (Å²) in [7, 11) is 0. The Hall–Kier alpha value is 0.550. The summed E-state index contributed by atoms with van der Waals surface area (Å²) >= 11 is 1.13. The van der Waals surface area contributed by atoms with Gasteiger partial charge in [-0.1, -0.05) is 15.9 Å². The number of rotatable bonds is 2. The van der Waals surface area contributed by atoms with Gasteiger partial charge in [0.25, 0.3) is 0 Å². The predicted molar refractivity (Wildman–Crippen MR) is 45.0 cm³/mol. The molecule has 0 radical (unpaired) electrons. The van der Waals surface area contributed by atoms with E-state index in [1.54, 1.807) is 0 Å². The largest absolute Gasteiger partial charge is 0.750 e. The summed E-state index contributed by atoms with van der Waals surface area (Å²) in [6.07, 6.45) is 3.60. The van der Waals surface area contributed by atoms with Crippen LogP contribution in [-0.4, -0.2) is 19.7 Å². The summed E-state index contributed by atoms with van der Waals surface area (Å²) in [6, 6.07) is 0. The van der Waals surface area contributed by atoms with E-state index in [-0.39, 0.29) is 6.10 Å². The normalized spacial score (nSPS) is 35.1. The number of hydrogen-bond acceptors (Lipinski definition) is 3. The molecular weight excluding hydrogens is 232 g/mol. The van der Waals surface area contributed by atoms with E-state index in [1.807, 2.05) is 0 Å². The van der Waals surface area contributed by atoms with E-state index < -0.39 is 11.4 Å². The van der Waals surface area contributed by atoms with Crippen molar-refractivity contribution in [1.29, 1.82) is 0 Å². The van der Waals surface area contributed by atoms with Crippen molar-refractivity contribution in [1.82, 2.24) is 0 Å². The van der Waals surface area contributed by atoms with Gasteiger partial charge in [-0.3, -0.25) is 4.18 Å². The van der Waals surface area contributed by atoms with Crippen molar-refractivity contribution in [2.75, 3.05) is 0 Å². The Bertz CT molecular complexity index is 145. The summed E-state index contributed by atoms with van der Waals surface area (Å²) in [5.41, 5.74) is 0. The molecule has 0 aliphatic heterocycles. The third kappa shape index (κ3) is 3.64. The average Bonchev–Trinajstić information content (AvgIpc) is 1.93. The van der Waals surface area contributed by atoms with Crippen LogP contribution in [0, 0.1) is 0 Å². The summed E-state index contributed by atoms with van der Waals surface area (Å²) in [4.78, 5) is 0.544. The van der Waals surface area contributed by atoms with Crippen molar-refractivity contribution in [2.24, 2.45) is 0 Å². The molecule has 0 N–H and O–H groups in total. The molecule has 1 fully saturated rings. The van der Waals surface area contributed by atoms with E-state index in [0.29, 0.717) is 4.83 Å². The standard InChI is InChI=1S/C6H11BrO3S/c7-5-1-3-6(4-2-5)10-11(8)9/h5-6H,1-4H2,(H,8,9)/p-1. The van der Waals surface area contributed by atoms with E-state index >= 15 is 0 Å². The van der Waals surface area contributed by atoms with E-state index in [0.717, 1.165) is 25.7 Å². The number of alkyl halides is 1. The highest BCUT2D eigenvalue weighted by atomic mass is 79.9. The first-order valence-electron chi connectivity index (χ1n) is 3.59. The minimum atomic E-state index is -2.34. The second-order valence-corrected chi connectivity index (χ2v) is 4.57. The van der Waals surface area contributed by atoms with Crippen LogP contribution in [0.15, 0.2) is 0 Å². The lowest BCUT2D eigenvalue weighted by Crippen LogP contribution is -2.22. The quantitative estimate of drug-likeness (QED) is 0.544. The van der Waals surface area contributed by atoms with Crippen molar-refractivity contribution in [3.63, 3.8) is 0 Å². The molecular formula is C6H10BrO3S-. The summed E-state index contributed by atoms with van der Waals surface area (Å²) in [6.45, 7) is 0. The summed E-state index contributed by atoms with van der Waals surface area (Å²) in [5, 5.41) is 0. The Morgan fingerprint density at radius 2 is 1.91 bits per heavy atom. The zero-order valence-corrected chi connectivity index (χ0v) is 8.40. The summed E-state index contributed by atoms with van der Waals surface area (Å²) in [5.74, 6) is 0. The SMILES string of the molecule is O=S([O-])OC1CCC(Br)CC1. The lowest BCUT2D eigenvalue weighted by molar-refractivity contribution is 0.159. The number of halogens is 1. The Morgan fingerprint density at radius 3 is 2.36 bits per heavy atom. The molecule has 0 aromatic carbocycles. The van der Waals surface area contributed by atoms with Gasteiger partial charge in [0, 0.05) is 4.83 Å². The lowest BCUT2D eigenvalue weighted by atomic mass is 9.98. The molecule has 0 aromatic rings. The van der Waals surface area contributed by atoms with Gasteiger partial charge >= 0.3 is 0 Å². The minimum absolute atomic E-state index is 0.0814. The molecule has 0 amide bonds. The van der Waals surface area contributed by atoms with Crippen molar-refractivity contribution in [2.45, 2.75) is 36.6 Å². The van der Waals surface area contributed by atoms with Crippen LogP contribution in [0.1, 0.15) is 25.7 Å². The monoisotopic (exact) mass is 241 g/mol. The Kier molecular flexibility index (Phi) is 3.98. The maximum Gasteiger partial charge on any atom is 0.0844 e. The van der Waals surface area contributed by atoms with Crippen LogP contribution in [0.3, 0.4) is 0 Å². The Morgan fingerprint density at radius 1 is 1.36 bits per heavy atom. The summed E-state index contributed by atoms with van der Waals surface area (Å²) < 4.78 is 24.9. The van der Waals surface area contributed by atoms with Crippen molar-refractivity contribution in [3.05, 3.63) is 0 Å². The highest BCUT2D eigenvalue weighted by molar-refractivity contribution is 9.09.